The molecule has 0 aliphatic heterocycles. The summed E-state index contributed by atoms with van der Waals surface area (Å²) in [7, 11) is 0. The molecule has 0 spiro atoms. The Kier molecular flexibility index (Phi) is 18.0. The maximum absolute atomic E-state index is 15.7. The van der Waals surface area contributed by atoms with Gasteiger partial charge in [0, 0.05) is 0 Å². The van der Waals surface area contributed by atoms with E-state index in [-0.39, 0.29) is 90.2 Å². The van der Waals surface area contributed by atoms with Crippen LogP contribution in [-0.2, 0) is 80.1 Å². The molecule has 0 heterocycles. The van der Waals surface area contributed by atoms with Crippen molar-refractivity contribution < 1.29 is 38.1 Å². The highest BCUT2D eigenvalue weighted by Gasteiger charge is 2.59. The summed E-state index contributed by atoms with van der Waals surface area (Å²) in [6.07, 6.45) is 17.2. The summed E-state index contributed by atoms with van der Waals surface area (Å²) in [5.41, 5.74) is 12.3. The second-order valence-corrected chi connectivity index (χ2v) is 34.1. The first kappa shape index (κ1) is 65.8. The third-order valence-electron chi connectivity index (χ3n) is 26.9. The predicted molar refractivity (Wildman–Crippen MR) is 364 cm³/mol. The van der Waals surface area contributed by atoms with E-state index in [0.29, 0.717) is 67.6 Å². The number of fused-ring (bicyclic) bond motifs is 12. The fourth-order valence-corrected chi connectivity index (χ4v) is 20.7. The Bertz CT molecular complexity index is 3310. The summed E-state index contributed by atoms with van der Waals surface area (Å²) in [6, 6.07) is 28.2. The molecule has 0 bridgehead atoms. The molecule has 8 heteroatoms. The molecule has 8 nitrogen and oxygen atoms in total. The van der Waals surface area contributed by atoms with Gasteiger partial charge in [0.05, 0.1) is 22.2 Å². The molecule has 12 atom stereocenters. The van der Waals surface area contributed by atoms with Gasteiger partial charge in [-0.15, -0.1) is 0 Å². The summed E-state index contributed by atoms with van der Waals surface area (Å²) in [4.78, 5) is 61.8. The largest absolute Gasteiger partial charge is 0.464 e. The lowest BCUT2D eigenvalue weighted by Gasteiger charge is -2.54. The summed E-state index contributed by atoms with van der Waals surface area (Å²) >= 11 is 0. The van der Waals surface area contributed by atoms with Gasteiger partial charge in [-0.05, 0) is 273 Å². The fourth-order valence-electron chi connectivity index (χ4n) is 20.7. The molecular weight excluding hydrogens is 1120 g/mol. The van der Waals surface area contributed by atoms with E-state index in [1.54, 1.807) is 0 Å². The van der Waals surface area contributed by atoms with Crippen molar-refractivity contribution in [3.63, 3.8) is 0 Å². The third-order valence-corrected chi connectivity index (χ3v) is 26.9. The quantitative estimate of drug-likeness (QED) is 0.0807. The van der Waals surface area contributed by atoms with Crippen molar-refractivity contribution in [3.05, 3.63) is 140 Å². The van der Waals surface area contributed by atoms with E-state index in [0.717, 1.165) is 96.3 Å². The Hall–Kier alpha value is -5.24. The van der Waals surface area contributed by atoms with Gasteiger partial charge in [0.15, 0.2) is 0 Å². The van der Waals surface area contributed by atoms with E-state index >= 15 is 19.2 Å². The van der Waals surface area contributed by atoms with Gasteiger partial charge in [-0.3, -0.25) is 19.2 Å². The number of rotatable bonds is 16. The Morgan fingerprint density at radius 3 is 1.37 bits per heavy atom. The fraction of sp³-hybridized carbons (Fsp3) is 0.663. The zero-order chi connectivity index (χ0) is 64.8. The van der Waals surface area contributed by atoms with Gasteiger partial charge in [0.1, 0.15) is 31.8 Å². The summed E-state index contributed by atoms with van der Waals surface area (Å²) < 4.78 is 27.3. The number of esters is 4. The first-order valence-electron chi connectivity index (χ1n) is 36.3. The molecule has 4 saturated carbocycles. The maximum Gasteiger partial charge on any atom is 0.312 e. The molecule has 12 unspecified atom stereocenters. The van der Waals surface area contributed by atoms with E-state index < -0.39 is 21.7 Å². The monoisotopic (exact) mass is 1240 g/mol. The van der Waals surface area contributed by atoms with Crippen LogP contribution in [0.5, 0.6) is 0 Å². The van der Waals surface area contributed by atoms with E-state index in [4.69, 9.17) is 18.9 Å². The third kappa shape index (κ3) is 11.8. The van der Waals surface area contributed by atoms with Gasteiger partial charge in [0.25, 0.3) is 0 Å². The van der Waals surface area contributed by atoms with Gasteiger partial charge < -0.3 is 18.9 Å². The van der Waals surface area contributed by atoms with Crippen molar-refractivity contribution in [2.24, 2.45) is 51.2 Å². The zero-order valence-corrected chi connectivity index (χ0v) is 58.4. The highest BCUT2D eigenvalue weighted by Crippen LogP contribution is 2.61. The summed E-state index contributed by atoms with van der Waals surface area (Å²) in [6.45, 7) is 30.5. The molecule has 8 aliphatic rings. The maximum atomic E-state index is 15.7. The predicted octanol–water partition coefficient (Wildman–Crippen LogP) is 18.9. The SMILES string of the molecule is CC(C)c1ccc2c(c1)CCC1CC(C(=O)OCC(COC(=O)C3(C)CCC4(C)c5ccc(C(C)C)cc5CCC4C3)(COC(=O)C3(C)CCCC4(C)c5ccc(C(C)C)cc5CCC34)COC(=O)C3(C)CCCC4(C)c5ccc(C(C)C)cc5CCC34)CCC21. The molecule has 8 aliphatic carbocycles. The van der Waals surface area contributed by atoms with Crippen LogP contribution in [0.3, 0.4) is 0 Å². The highest BCUT2D eigenvalue weighted by atomic mass is 16.6. The standard InChI is InChI=1S/C83H112O8/c1-51(2)55-20-28-66-59(41-55)17-18-60-45-64(21-29-67(60)66)73(84)88-47-83(48-89-74(85)77(9)39-40-78(10)65(46-77)27-19-61-42-56(52(3)4)22-30-68(61)78,49-90-75(86)81(13)37-15-35-79(11)69-31-23-57(53(5)6)43-62(69)25-33-71(79)81)50-91-76(87)82(14)38-16-36-80(12)70-32-24-58(54(7)8)44-63(70)26-34-72(80)82/h20,22-24,28,30-32,41-44,51-54,60,64-65,67,71-72H,15-19,21,25-27,29,33-40,45-50H2,1-14H3. The molecule has 4 aromatic rings. The van der Waals surface area contributed by atoms with Crippen LogP contribution in [0.4, 0.5) is 0 Å². The number of ether oxygens (including phenoxy) is 4. The Balaban J connectivity index is 0.856. The smallest absolute Gasteiger partial charge is 0.312 e. The van der Waals surface area contributed by atoms with Gasteiger partial charge in [-0.2, -0.15) is 0 Å². The van der Waals surface area contributed by atoms with Crippen LogP contribution < -0.4 is 0 Å². The van der Waals surface area contributed by atoms with E-state index in [1.165, 1.54) is 66.8 Å². The van der Waals surface area contributed by atoms with Crippen molar-refractivity contribution in [3.8, 4) is 0 Å². The summed E-state index contributed by atoms with van der Waals surface area (Å²) in [5, 5.41) is 0. The minimum absolute atomic E-state index is 0.0276. The molecule has 4 aromatic carbocycles. The average molecular weight is 1240 g/mol. The molecule has 492 valence electrons. The molecule has 0 aromatic heterocycles. The topological polar surface area (TPSA) is 105 Å². The van der Waals surface area contributed by atoms with Crippen LogP contribution in [0, 0.1) is 51.2 Å². The number of hydrogen-bond donors (Lipinski definition) is 0. The van der Waals surface area contributed by atoms with Gasteiger partial charge in [-0.1, -0.05) is 162 Å². The second kappa shape index (κ2) is 24.8. The number of carbonyl (C=O) groups excluding carboxylic acids is 4. The lowest BCUT2D eigenvalue weighted by molar-refractivity contribution is -0.188. The highest BCUT2D eigenvalue weighted by molar-refractivity contribution is 5.79. The van der Waals surface area contributed by atoms with Crippen LogP contribution >= 0.6 is 0 Å². The number of carbonyl (C=O) groups is 4. The van der Waals surface area contributed by atoms with Crippen molar-refractivity contribution in [2.75, 3.05) is 26.4 Å². The summed E-state index contributed by atoms with van der Waals surface area (Å²) in [5.74, 6) is 1.41. The minimum Gasteiger partial charge on any atom is -0.464 e. The van der Waals surface area contributed by atoms with Crippen LogP contribution in [-0.4, -0.2) is 50.3 Å². The zero-order valence-electron chi connectivity index (χ0n) is 58.4. The van der Waals surface area contributed by atoms with Crippen molar-refractivity contribution in [1.82, 2.24) is 0 Å². The van der Waals surface area contributed by atoms with E-state index in [2.05, 4.69) is 170 Å². The molecule has 0 radical (unpaired) electrons. The Morgan fingerprint density at radius 1 is 0.451 bits per heavy atom. The second-order valence-electron chi connectivity index (χ2n) is 34.1. The van der Waals surface area contributed by atoms with Gasteiger partial charge in [0.2, 0.25) is 0 Å². The van der Waals surface area contributed by atoms with Crippen molar-refractivity contribution in [1.29, 1.82) is 0 Å². The van der Waals surface area contributed by atoms with Gasteiger partial charge >= 0.3 is 23.9 Å². The van der Waals surface area contributed by atoms with Gasteiger partial charge in [-0.25, -0.2) is 0 Å². The molecule has 4 fully saturated rings. The Morgan fingerprint density at radius 2 is 0.879 bits per heavy atom. The van der Waals surface area contributed by atoms with E-state index in [9.17, 15) is 0 Å². The van der Waals surface area contributed by atoms with Crippen LogP contribution in [0.25, 0.3) is 0 Å². The van der Waals surface area contributed by atoms with E-state index in [1.807, 2.05) is 0 Å². The Labute approximate surface area is 547 Å². The number of aryl methyl sites for hydroxylation is 4. The lowest BCUT2D eigenvalue weighted by atomic mass is 9.49. The number of hydrogen-bond acceptors (Lipinski definition) is 8. The minimum atomic E-state index is -1.41. The lowest BCUT2D eigenvalue weighted by Crippen LogP contribution is -2.55. The van der Waals surface area contributed by atoms with Crippen LogP contribution in [0.2, 0.25) is 0 Å². The number of benzene rings is 4. The van der Waals surface area contributed by atoms with Crippen LogP contribution in [0.1, 0.15) is 296 Å². The molecular formula is C83H112O8. The normalized spacial score (nSPS) is 32.9. The average Bonchev–Trinajstić information content (AvgIpc) is 0.740. The molecule has 0 N–H and O–H groups in total. The van der Waals surface area contributed by atoms with Crippen molar-refractivity contribution in [2.45, 2.75) is 271 Å². The molecule has 12 rings (SSSR count). The molecule has 91 heavy (non-hydrogen) atoms. The van der Waals surface area contributed by atoms with Crippen LogP contribution in [0.15, 0.2) is 72.8 Å². The molecule has 0 amide bonds. The van der Waals surface area contributed by atoms with Crippen molar-refractivity contribution >= 4 is 23.9 Å². The first-order chi connectivity index (χ1) is 43.1. The first-order valence-corrected chi connectivity index (χ1v) is 36.3. The molecule has 0 saturated heterocycles.